The Morgan fingerprint density at radius 1 is 1.25 bits per heavy atom. The van der Waals surface area contributed by atoms with Crippen molar-refractivity contribution in [2.75, 3.05) is 5.73 Å². The monoisotopic (exact) mass is 280 g/mol. The number of hydrogen-bond acceptors (Lipinski definition) is 3. The van der Waals surface area contributed by atoms with Crippen molar-refractivity contribution in [1.29, 1.82) is 0 Å². The summed E-state index contributed by atoms with van der Waals surface area (Å²) in [5, 5.41) is 3.29. The number of nitrogens with two attached hydrogens (primary N) is 1. The van der Waals surface area contributed by atoms with Crippen molar-refractivity contribution in [2.45, 2.75) is 13.1 Å². The van der Waals surface area contributed by atoms with Gasteiger partial charge in [-0.1, -0.05) is 15.9 Å². The van der Waals surface area contributed by atoms with Crippen LogP contribution in [0.3, 0.4) is 0 Å². The van der Waals surface area contributed by atoms with Crippen LogP contribution in [0.1, 0.15) is 11.3 Å². The van der Waals surface area contributed by atoms with Gasteiger partial charge in [0, 0.05) is 16.7 Å². The maximum atomic E-state index is 5.75. The molecule has 0 unspecified atom stereocenters. The molecular formula is C12H13BrN2O. The van der Waals surface area contributed by atoms with E-state index in [9.17, 15) is 0 Å². The van der Waals surface area contributed by atoms with E-state index in [1.54, 1.807) is 6.26 Å². The topological polar surface area (TPSA) is 51.2 Å². The lowest BCUT2D eigenvalue weighted by Gasteiger charge is -2.05. The molecule has 0 fully saturated rings. The van der Waals surface area contributed by atoms with Gasteiger partial charge in [-0.25, -0.2) is 0 Å². The van der Waals surface area contributed by atoms with E-state index in [1.807, 2.05) is 30.3 Å². The predicted octanol–water partition coefficient (Wildman–Crippen LogP) is 2.91. The van der Waals surface area contributed by atoms with E-state index < -0.39 is 0 Å². The fraction of sp³-hybridized carbons (Fsp3) is 0.167. The Morgan fingerprint density at radius 2 is 2.12 bits per heavy atom. The fourth-order valence-corrected chi connectivity index (χ4v) is 2.08. The molecule has 0 aliphatic heterocycles. The van der Waals surface area contributed by atoms with E-state index in [4.69, 9.17) is 10.2 Å². The van der Waals surface area contributed by atoms with Crippen LogP contribution in [0.25, 0.3) is 0 Å². The van der Waals surface area contributed by atoms with Gasteiger partial charge in [0.15, 0.2) is 0 Å². The first-order chi connectivity index (χ1) is 7.74. The molecule has 0 saturated heterocycles. The molecule has 0 aliphatic rings. The van der Waals surface area contributed by atoms with Crippen LogP contribution >= 0.6 is 15.9 Å². The van der Waals surface area contributed by atoms with Gasteiger partial charge >= 0.3 is 0 Å². The summed E-state index contributed by atoms with van der Waals surface area (Å²) in [7, 11) is 0. The van der Waals surface area contributed by atoms with Gasteiger partial charge in [0.25, 0.3) is 0 Å². The van der Waals surface area contributed by atoms with Gasteiger partial charge in [-0.05, 0) is 35.9 Å². The predicted molar refractivity (Wildman–Crippen MR) is 67.8 cm³/mol. The molecule has 2 rings (SSSR count). The molecule has 16 heavy (non-hydrogen) atoms. The summed E-state index contributed by atoms with van der Waals surface area (Å²) in [4.78, 5) is 0. The first-order valence-electron chi connectivity index (χ1n) is 5.02. The SMILES string of the molecule is Nc1cc(Br)cc(CNCc2ccco2)c1. The molecule has 1 aromatic carbocycles. The Morgan fingerprint density at radius 3 is 2.81 bits per heavy atom. The molecule has 0 spiro atoms. The van der Waals surface area contributed by atoms with Crippen LogP contribution in [0.15, 0.2) is 45.5 Å². The van der Waals surface area contributed by atoms with E-state index >= 15 is 0 Å². The Labute approximate surface area is 103 Å². The van der Waals surface area contributed by atoms with Crippen molar-refractivity contribution in [3.05, 3.63) is 52.4 Å². The number of nitrogens with one attached hydrogen (secondary N) is 1. The molecule has 3 N–H and O–H groups in total. The van der Waals surface area contributed by atoms with Crippen LogP contribution < -0.4 is 11.1 Å². The van der Waals surface area contributed by atoms with Gasteiger partial charge in [-0.15, -0.1) is 0 Å². The first kappa shape index (κ1) is 11.2. The van der Waals surface area contributed by atoms with E-state index in [1.165, 1.54) is 0 Å². The van der Waals surface area contributed by atoms with Crippen LogP contribution in [-0.2, 0) is 13.1 Å². The Kier molecular flexibility index (Phi) is 3.64. The molecule has 2 aromatic rings. The van der Waals surface area contributed by atoms with Gasteiger partial charge in [0.05, 0.1) is 12.8 Å². The van der Waals surface area contributed by atoms with Crippen molar-refractivity contribution in [3.8, 4) is 0 Å². The Bertz CT molecular complexity index is 434. The lowest BCUT2D eigenvalue weighted by Crippen LogP contribution is -2.12. The molecule has 0 radical (unpaired) electrons. The minimum Gasteiger partial charge on any atom is -0.468 e. The molecule has 4 heteroatoms. The number of halogens is 1. The average Bonchev–Trinajstić information content (AvgIpc) is 2.69. The molecule has 1 aromatic heterocycles. The van der Waals surface area contributed by atoms with Crippen molar-refractivity contribution >= 4 is 21.6 Å². The molecule has 1 heterocycles. The zero-order chi connectivity index (χ0) is 11.4. The molecule has 3 nitrogen and oxygen atoms in total. The minimum atomic E-state index is 0.722. The second-order valence-corrected chi connectivity index (χ2v) is 4.49. The molecule has 0 saturated carbocycles. The first-order valence-corrected chi connectivity index (χ1v) is 5.81. The highest BCUT2D eigenvalue weighted by Gasteiger charge is 1.98. The van der Waals surface area contributed by atoms with Gasteiger partial charge in [0.1, 0.15) is 5.76 Å². The van der Waals surface area contributed by atoms with E-state index in [0.29, 0.717) is 0 Å². The lowest BCUT2D eigenvalue weighted by atomic mass is 10.2. The third-order valence-corrected chi connectivity index (χ3v) is 2.65. The van der Waals surface area contributed by atoms with Crippen LogP contribution in [-0.4, -0.2) is 0 Å². The van der Waals surface area contributed by atoms with E-state index in [0.717, 1.165) is 34.6 Å². The highest BCUT2D eigenvalue weighted by Crippen LogP contribution is 2.17. The Hall–Kier alpha value is -1.26. The minimum absolute atomic E-state index is 0.722. The number of benzene rings is 1. The highest BCUT2D eigenvalue weighted by atomic mass is 79.9. The number of rotatable bonds is 4. The summed E-state index contributed by atoms with van der Waals surface area (Å²) in [6, 6.07) is 9.72. The van der Waals surface area contributed by atoms with Crippen molar-refractivity contribution in [1.82, 2.24) is 5.32 Å². The molecular weight excluding hydrogens is 268 g/mol. The standard InChI is InChI=1S/C12H13BrN2O/c13-10-4-9(5-11(14)6-10)7-15-8-12-2-1-3-16-12/h1-6,15H,7-8,14H2. The summed E-state index contributed by atoms with van der Waals surface area (Å²) in [5.41, 5.74) is 7.67. The third kappa shape index (κ3) is 3.12. The van der Waals surface area contributed by atoms with Crippen LogP contribution in [0.4, 0.5) is 5.69 Å². The van der Waals surface area contributed by atoms with Gasteiger partial charge in [-0.3, -0.25) is 0 Å². The molecule has 0 aliphatic carbocycles. The van der Waals surface area contributed by atoms with Crippen LogP contribution in [0, 0.1) is 0 Å². The van der Waals surface area contributed by atoms with Crippen molar-refractivity contribution < 1.29 is 4.42 Å². The second kappa shape index (κ2) is 5.18. The quantitative estimate of drug-likeness (QED) is 0.847. The summed E-state index contributed by atoms with van der Waals surface area (Å²) < 4.78 is 6.22. The number of hydrogen-bond donors (Lipinski definition) is 2. The summed E-state index contributed by atoms with van der Waals surface area (Å²) >= 11 is 3.42. The third-order valence-electron chi connectivity index (χ3n) is 2.19. The van der Waals surface area contributed by atoms with Crippen molar-refractivity contribution in [3.63, 3.8) is 0 Å². The zero-order valence-corrected chi connectivity index (χ0v) is 10.3. The van der Waals surface area contributed by atoms with Crippen molar-refractivity contribution in [2.24, 2.45) is 0 Å². The Balaban J connectivity index is 1.89. The van der Waals surface area contributed by atoms with E-state index in [-0.39, 0.29) is 0 Å². The van der Waals surface area contributed by atoms with Crippen LogP contribution in [0.5, 0.6) is 0 Å². The van der Waals surface area contributed by atoms with Gasteiger partial charge in [0.2, 0.25) is 0 Å². The van der Waals surface area contributed by atoms with Gasteiger partial charge < -0.3 is 15.5 Å². The maximum Gasteiger partial charge on any atom is 0.117 e. The van der Waals surface area contributed by atoms with Crippen LogP contribution in [0.2, 0.25) is 0 Å². The number of nitrogen functional groups attached to an aromatic ring is 1. The molecule has 84 valence electrons. The summed E-state index contributed by atoms with van der Waals surface area (Å²) in [6.07, 6.45) is 1.67. The molecule has 0 atom stereocenters. The lowest BCUT2D eigenvalue weighted by molar-refractivity contribution is 0.483. The number of anilines is 1. The highest BCUT2D eigenvalue weighted by molar-refractivity contribution is 9.10. The smallest absolute Gasteiger partial charge is 0.117 e. The fourth-order valence-electron chi connectivity index (χ4n) is 1.52. The second-order valence-electron chi connectivity index (χ2n) is 3.58. The van der Waals surface area contributed by atoms with Gasteiger partial charge in [-0.2, -0.15) is 0 Å². The van der Waals surface area contributed by atoms with E-state index in [2.05, 4.69) is 21.2 Å². The average molecular weight is 281 g/mol. The summed E-state index contributed by atoms with van der Waals surface area (Å²) in [5.74, 6) is 0.933. The number of furan rings is 1. The summed E-state index contributed by atoms with van der Waals surface area (Å²) in [6.45, 7) is 1.49. The largest absolute Gasteiger partial charge is 0.468 e. The molecule has 0 bridgehead atoms. The molecule has 0 amide bonds. The maximum absolute atomic E-state index is 5.75. The zero-order valence-electron chi connectivity index (χ0n) is 8.74. The normalized spacial score (nSPS) is 10.6.